The molecule has 1 saturated heterocycles. The Kier molecular flexibility index (Phi) is 7.42. The van der Waals surface area contributed by atoms with Crippen LogP contribution in [0.3, 0.4) is 0 Å². The molecule has 3 rings (SSSR count). The molecule has 1 heterocycles. The quantitative estimate of drug-likeness (QED) is 0.639. The van der Waals surface area contributed by atoms with E-state index in [1.54, 1.807) is 12.1 Å². The molecule has 5 nitrogen and oxygen atoms in total. The van der Waals surface area contributed by atoms with E-state index in [4.69, 9.17) is 18.9 Å². The van der Waals surface area contributed by atoms with Crippen LogP contribution in [0, 0.1) is 13.8 Å². The first-order valence-corrected chi connectivity index (χ1v) is 10.2. The summed E-state index contributed by atoms with van der Waals surface area (Å²) in [7, 11) is 0. The molecule has 1 aliphatic heterocycles. The van der Waals surface area contributed by atoms with Gasteiger partial charge in [0.05, 0.1) is 18.8 Å². The maximum atomic E-state index is 12.5. The van der Waals surface area contributed by atoms with Gasteiger partial charge in [-0.15, -0.1) is 0 Å². The van der Waals surface area contributed by atoms with Crippen molar-refractivity contribution in [3.05, 3.63) is 70.8 Å². The van der Waals surface area contributed by atoms with Crippen molar-refractivity contribution in [3.8, 4) is 0 Å². The standard InChI is InChI=1S/C24H30O5/c1-5-22-27-15-21(26-14-20-16(2)10-9-11-17(20)3)23(29-22)18(4)28-24(25)19-12-7-6-8-13-19/h6-13,18,21-23H,5,14-15H2,1-4H3/t18?,21-,22+,23+/m0/s1. The van der Waals surface area contributed by atoms with Crippen molar-refractivity contribution >= 4 is 5.97 Å². The lowest BCUT2D eigenvalue weighted by atomic mass is 10.0. The highest BCUT2D eigenvalue weighted by Crippen LogP contribution is 2.25. The van der Waals surface area contributed by atoms with Crippen LogP contribution < -0.4 is 0 Å². The Hall–Kier alpha value is -2.21. The van der Waals surface area contributed by atoms with Crippen LogP contribution in [0.5, 0.6) is 0 Å². The summed E-state index contributed by atoms with van der Waals surface area (Å²) in [5.74, 6) is -0.366. The minimum atomic E-state index is -0.469. The first-order chi connectivity index (χ1) is 14.0. The van der Waals surface area contributed by atoms with Crippen molar-refractivity contribution in [2.75, 3.05) is 6.61 Å². The molecule has 5 heteroatoms. The van der Waals surface area contributed by atoms with Gasteiger partial charge >= 0.3 is 5.97 Å². The van der Waals surface area contributed by atoms with Crippen LogP contribution >= 0.6 is 0 Å². The predicted molar refractivity (Wildman–Crippen MR) is 111 cm³/mol. The third-order valence-electron chi connectivity index (χ3n) is 5.31. The zero-order valence-corrected chi connectivity index (χ0v) is 17.6. The van der Waals surface area contributed by atoms with Gasteiger partial charge in [0.1, 0.15) is 18.3 Å². The fourth-order valence-electron chi connectivity index (χ4n) is 3.51. The van der Waals surface area contributed by atoms with E-state index in [9.17, 15) is 4.79 Å². The molecule has 0 radical (unpaired) electrons. The second-order valence-electron chi connectivity index (χ2n) is 7.47. The first kappa shape index (κ1) is 21.5. The van der Waals surface area contributed by atoms with Crippen molar-refractivity contribution in [2.45, 2.75) is 65.3 Å². The zero-order valence-electron chi connectivity index (χ0n) is 17.6. The second-order valence-corrected chi connectivity index (χ2v) is 7.47. The Morgan fingerprint density at radius 2 is 1.79 bits per heavy atom. The maximum absolute atomic E-state index is 12.5. The number of hydrogen-bond acceptors (Lipinski definition) is 5. The van der Waals surface area contributed by atoms with E-state index in [1.165, 1.54) is 11.1 Å². The SMILES string of the molecule is CC[C@@H]1OC[C@H](OCc2c(C)cccc2C)[C@@H](C(C)OC(=O)c2ccccc2)O1. The molecule has 0 N–H and O–H groups in total. The fraction of sp³-hybridized carbons (Fsp3) is 0.458. The number of esters is 1. The lowest BCUT2D eigenvalue weighted by Gasteiger charge is -2.38. The summed E-state index contributed by atoms with van der Waals surface area (Å²) in [4.78, 5) is 12.5. The number of benzene rings is 2. The van der Waals surface area contributed by atoms with Gasteiger partial charge in [0.15, 0.2) is 6.29 Å². The third kappa shape index (κ3) is 5.44. The summed E-state index contributed by atoms with van der Waals surface area (Å²) in [6.45, 7) is 8.87. The van der Waals surface area contributed by atoms with Gasteiger partial charge in [0.2, 0.25) is 0 Å². The molecule has 2 aromatic rings. The highest BCUT2D eigenvalue weighted by molar-refractivity contribution is 5.89. The molecule has 0 aliphatic carbocycles. The smallest absolute Gasteiger partial charge is 0.338 e. The van der Waals surface area contributed by atoms with Crippen molar-refractivity contribution in [1.82, 2.24) is 0 Å². The Bertz CT molecular complexity index is 784. The molecule has 1 fully saturated rings. The molecular weight excluding hydrogens is 368 g/mol. The van der Waals surface area contributed by atoms with E-state index in [2.05, 4.69) is 26.0 Å². The molecule has 0 saturated carbocycles. The summed E-state index contributed by atoms with van der Waals surface area (Å²) in [6.07, 6.45) is -0.790. The van der Waals surface area contributed by atoms with Gasteiger partial charge in [0, 0.05) is 0 Å². The number of carbonyl (C=O) groups is 1. The Labute approximate surface area is 172 Å². The van der Waals surface area contributed by atoms with E-state index in [0.29, 0.717) is 18.8 Å². The molecule has 0 bridgehead atoms. The highest BCUT2D eigenvalue weighted by Gasteiger charge is 2.38. The van der Waals surface area contributed by atoms with Crippen LogP contribution in [0.25, 0.3) is 0 Å². The molecule has 1 unspecified atom stereocenters. The van der Waals surface area contributed by atoms with Crippen LogP contribution in [0.15, 0.2) is 48.5 Å². The minimum absolute atomic E-state index is 0.321. The Morgan fingerprint density at radius 1 is 1.10 bits per heavy atom. The zero-order chi connectivity index (χ0) is 20.8. The van der Waals surface area contributed by atoms with Crippen molar-refractivity contribution in [1.29, 1.82) is 0 Å². The monoisotopic (exact) mass is 398 g/mol. The van der Waals surface area contributed by atoms with E-state index in [0.717, 1.165) is 12.0 Å². The third-order valence-corrected chi connectivity index (χ3v) is 5.31. The molecule has 29 heavy (non-hydrogen) atoms. The first-order valence-electron chi connectivity index (χ1n) is 10.2. The number of hydrogen-bond donors (Lipinski definition) is 0. The summed E-state index contributed by atoms with van der Waals surface area (Å²) in [6, 6.07) is 15.2. The summed E-state index contributed by atoms with van der Waals surface area (Å²) in [5, 5.41) is 0. The van der Waals surface area contributed by atoms with Gasteiger partial charge in [-0.3, -0.25) is 0 Å². The number of carbonyl (C=O) groups excluding carboxylic acids is 1. The lowest BCUT2D eigenvalue weighted by Crippen LogP contribution is -2.51. The lowest BCUT2D eigenvalue weighted by molar-refractivity contribution is -0.279. The van der Waals surface area contributed by atoms with Crippen LogP contribution in [0.4, 0.5) is 0 Å². The molecule has 2 aromatic carbocycles. The largest absolute Gasteiger partial charge is 0.456 e. The summed E-state index contributed by atoms with van der Waals surface area (Å²) < 4.78 is 23.7. The van der Waals surface area contributed by atoms with E-state index in [-0.39, 0.29) is 18.4 Å². The Morgan fingerprint density at radius 3 is 2.45 bits per heavy atom. The highest BCUT2D eigenvalue weighted by atomic mass is 16.7. The number of aryl methyl sites for hydroxylation is 2. The Balaban J connectivity index is 1.69. The topological polar surface area (TPSA) is 54.0 Å². The normalized spacial score (nSPS) is 22.8. The van der Waals surface area contributed by atoms with E-state index >= 15 is 0 Å². The van der Waals surface area contributed by atoms with Crippen LogP contribution in [0.1, 0.15) is 47.3 Å². The van der Waals surface area contributed by atoms with Crippen molar-refractivity contribution < 1.29 is 23.7 Å². The molecule has 4 atom stereocenters. The molecule has 0 aromatic heterocycles. The number of ether oxygens (including phenoxy) is 4. The van der Waals surface area contributed by atoms with Gasteiger partial charge < -0.3 is 18.9 Å². The average Bonchev–Trinajstić information content (AvgIpc) is 2.74. The fourth-order valence-corrected chi connectivity index (χ4v) is 3.51. The molecular formula is C24H30O5. The number of rotatable bonds is 7. The van der Waals surface area contributed by atoms with Gasteiger partial charge in [-0.25, -0.2) is 4.79 Å². The minimum Gasteiger partial charge on any atom is -0.456 e. The summed E-state index contributed by atoms with van der Waals surface area (Å²) >= 11 is 0. The van der Waals surface area contributed by atoms with Crippen LogP contribution in [0.2, 0.25) is 0 Å². The van der Waals surface area contributed by atoms with Gasteiger partial charge in [-0.1, -0.05) is 43.3 Å². The van der Waals surface area contributed by atoms with E-state index in [1.807, 2.05) is 38.1 Å². The molecule has 156 valence electrons. The van der Waals surface area contributed by atoms with Crippen LogP contribution in [-0.2, 0) is 25.6 Å². The van der Waals surface area contributed by atoms with Gasteiger partial charge in [0.25, 0.3) is 0 Å². The van der Waals surface area contributed by atoms with Crippen molar-refractivity contribution in [3.63, 3.8) is 0 Å². The maximum Gasteiger partial charge on any atom is 0.338 e. The van der Waals surface area contributed by atoms with Crippen LogP contribution in [-0.4, -0.2) is 37.2 Å². The predicted octanol–water partition coefficient (Wildman–Crippen LogP) is 4.59. The van der Waals surface area contributed by atoms with E-state index < -0.39 is 12.2 Å². The molecule has 0 amide bonds. The van der Waals surface area contributed by atoms with Gasteiger partial charge in [-0.05, 0) is 56.0 Å². The summed E-state index contributed by atoms with van der Waals surface area (Å²) in [5.41, 5.74) is 4.06. The average molecular weight is 398 g/mol. The second kappa shape index (κ2) is 10.0. The van der Waals surface area contributed by atoms with Gasteiger partial charge in [-0.2, -0.15) is 0 Å². The van der Waals surface area contributed by atoms with Crippen molar-refractivity contribution in [2.24, 2.45) is 0 Å². The molecule has 1 aliphatic rings. The molecule has 0 spiro atoms.